The lowest BCUT2D eigenvalue weighted by Gasteiger charge is -2.36. The summed E-state index contributed by atoms with van der Waals surface area (Å²) < 4.78 is 5.59. The van der Waals surface area contributed by atoms with E-state index in [0.717, 1.165) is 41.0 Å². The molecule has 1 aliphatic rings. The Balaban J connectivity index is 1.13. The lowest BCUT2D eigenvalue weighted by Crippen LogP contribution is -2.48. The molecule has 36 heavy (non-hydrogen) atoms. The van der Waals surface area contributed by atoms with Crippen LogP contribution in [0.1, 0.15) is 26.5 Å². The summed E-state index contributed by atoms with van der Waals surface area (Å²) in [7, 11) is 0. The normalized spacial score (nSPS) is 13.5. The van der Waals surface area contributed by atoms with Crippen molar-refractivity contribution in [3.63, 3.8) is 0 Å². The van der Waals surface area contributed by atoms with Gasteiger partial charge in [-0.3, -0.25) is 14.9 Å². The van der Waals surface area contributed by atoms with Gasteiger partial charge in [-0.05, 0) is 67.7 Å². The summed E-state index contributed by atoms with van der Waals surface area (Å²) in [6, 6.07) is 24.7. The molecule has 0 radical (unpaired) electrons. The summed E-state index contributed by atoms with van der Waals surface area (Å²) in [6.45, 7) is 4.88. The van der Waals surface area contributed by atoms with Crippen LogP contribution in [0.4, 0.5) is 11.4 Å². The zero-order chi connectivity index (χ0) is 25.1. The summed E-state index contributed by atoms with van der Waals surface area (Å²) >= 11 is 5.30. The van der Waals surface area contributed by atoms with Crippen molar-refractivity contribution in [1.29, 1.82) is 0 Å². The van der Waals surface area contributed by atoms with Crippen molar-refractivity contribution >= 4 is 51.5 Å². The van der Waals surface area contributed by atoms with Gasteiger partial charge in [-0.1, -0.05) is 35.9 Å². The Morgan fingerprint density at radius 3 is 2.28 bits per heavy atom. The third-order valence-electron chi connectivity index (χ3n) is 6.23. The Hall–Kier alpha value is -4.17. The first-order valence-electron chi connectivity index (χ1n) is 11.8. The van der Waals surface area contributed by atoms with Crippen molar-refractivity contribution in [2.45, 2.75) is 6.92 Å². The van der Waals surface area contributed by atoms with E-state index in [1.54, 1.807) is 6.07 Å². The van der Waals surface area contributed by atoms with Crippen molar-refractivity contribution in [3.05, 3.63) is 95.7 Å². The first kappa shape index (κ1) is 23.6. The highest BCUT2D eigenvalue weighted by molar-refractivity contribution is 7.80. The van der Waals surface area contributed by atoms with E-state index in [0.29, 0.717) is 18.7 Å². The van der Waals surface area contributed by atoms with E-state index in [4.69, 9.17) is 16.6 Å². The predicted octanol–water partition coefficient (Wildman–Crippen LogP) is 4.83. The fraction of sp³-hybridized carbons (Fsp3) is 0.179. The van der Waals surface area contributed by atoms with Crippen LogP contribution in [-0.2, 0) is 0 Å². The number of rotatable bonds is 4. The minimum atomic E-state index is -0.404. The Morgan fingerprint density at radius 2 is 1.58 bits per heavy atom. The van der Waals surface area contributed by atoms with Gasteiger partial charge in [0.2, 0.25) is 0 Å². The minimum absolute atomic E-state index is 0.0763. The quantitative estimate of drug-likeness (QED) is 0.393. The molecule has 1 aliphatic heterocycles. The molecule has 1 saturated heterocycles. The number of nitrogens with one attached hydrogen (secondary N) is 2. The maximum Gasteiger partial charge on any atom is 0.293 e. The monoisotopic (exact) mass is 498 g/mol. The van der Waals surface area contributed by atoms with Gasteiger partial charge in [0.05, 0.1) is 0 Å². The summed E-state index contributed by atoms with van der Waals surface area (Å²) in [4.78, 5) is 29.4. The number of nitrogens with zero attached hydrogens (tertiary/aromatic N) is 2. The van der Waals surface area contributed by atoms with Gasteiger partial charge in [0.15, 0.2) is 10.9 Å². The number of hydrogen-bond donors (Lipinski definition) is 2. The second-order valence-electron chi connectivity index (χ2n) is 8.75. The van der Waals surface area contributed by atoms with Crippen molar-refractivity contribution in [2.75, 3.05) is 36.4 Å². The van der Waals surface area contributed by atoms with Crippen molar-refractivity contribution in [1.82, 2.24) is 10.2 Å². The fourth-order valence-electron chi connectivity index (χ4n) is 4.22. The van der Waals surface area contributed by atoms with Crippen LogP contribution in [-0.4, -0.2) is 48.0 Å². The van der Waals surface area contributed by atoms with Crippen molar-refractivity contribution in [3.8, 4) is 0 Å². The van der Waals surface area contributed by atoms with Gasteiger partial charge in [-0.15, -0.1) is 0 Å². The average Bonchev–Trinajstić information content (AvgIpc) is 3.34. The highest BCUT2D eigenvalue weighted by atomic mass is 32.1. The van der Waals surface area contributed by atoms with Gasteiger partial charge in [-0.2, -0.15) is 0 Å². The van der Waals surface area contributed by atoms with E-state index >= 15 is 0 Å². The number of carbonyl (C=O) groups is 2. The molecule has 7 nitrogen and oxygen atoms in total. The van der Waals surface area contributed by atoms with E-state index in [2.05, 4.69) is 15.5 Å². The third-order valence-corrected chi connectivity index (χ3v) is 6.44. The van der Waals surface area contributed by atoms with Crippen LogP contribution in [0, 0.1) is 6.92 Å². The minimum Gasteiger partial charge on any atom is -0.451 e. The summed E-state index contributed by atoms with van der Waals surface area (Å²) in [6.07, 6.45) is 0. The Bertz CT molecular complexity index is 1370. The lowest BCUT2D eigenvalue weighted by molar-refractivity contribution is 0.0746. The molecule has 8 heteroatoms. The van der Waals surface area contributed by atoms with Crippen LogP contribution in [0.5, 0.6) is 0 Å². The van der Waals surface area contributed by atoms with E-state index in [1.807, 2.05) is 84.6 Å². The average molecular weight is 499 g/mol. The van der Waals surface area contributed by atoms with Crippen molar-refractivity contribution < 1.29 is 14.0 Å². The molecule has 182 valence electrons. The number of amides is 2. The van der Waals surface area contributed by atoms with Gasteiger partial charge in [-0.25, -0.2) is 0 Å². The molecule has 1 fully saturated rings. The number of benzene rings is 3. The predicted molar refractivity (Wildman–Crippen MR) is 146 cm³/mol. The fourth-order valence-corrected chi connectivity index (χ4v) is 4.43. The van der Waals surface area contributed by atoms with Crippen LogP contribution < -0.4 is 15.5 Å². The first-order chi connectivity index (χ1) is 17.5. The highest BCUT2D eigenvalue weighted by Crippen LogP contribution is 2.21. The van der Waals surface area contributed by atoms with E-state index in [9.17, 15) is 9.59 Å². The lowest BCUT2D eigenvalue weighted by atomic mass is 10.1. The number of thiocarbonyl (C=S) groups is 1. The molecule has 0 spiro atoms. The van der Waals surface area contributed by atoms with Crippen LogP contribution in [0.2, 0.25) is 0 Å². The van der Waals surface area contributed by atoms with Crippen LogP contribution in [0.25, 0.3) is 11.0 Å². The SMILES string of the molecule is Cc1ccc(C(=O)N2CCN(c3ccc(NC(=S)NC(=O)c4cc5ccccc5o4)cc3)CC2)cc1. The third kappa shape index (κ3) is 5.23. The van der Waals surface area contributed by atoms with E-state index < -0.39 is 5.91 Å². The van der Waals surface area contributed by atoms with Gasteiger partial charge >= 0.3 is 0 Å². The van der Waals surface area contributed by atoms with Gasteiger partial charge in [0.25, 0.3) is 11.8 Å². The largest absolute Gasteiger partial charge is 0.451 e. The van der Waals surface area contributed by atoms with Crippen LogP contribution in [0.3, 0.4) is 0 Å². The second kappa shape index (κ2) is 10.2. The maximum atomic E-state index is 12.8. The zero-order valence-corrected chi connectivity index (χ0v) is 20.7. The summed E-state index contributed by atoms with van der Waals surface area (Å²) in [5, 5.41) is 6.74. The van der Waals surface area contributed by atoms with Crippen LogP contribution >= 0.6 is 12.2 Å². The molecule has 0 bridgehead atoms. The number of fused-ring (bicyclic) bond motifs is 1. The molecule has 4 aromatic rings. The second-order valence-corrected chi connectivity index (χ2v) is 9.16. The molecule has 0 aliphatic carbocycles. The maximum absolute atomic E-state index is 12.8. The Labute approximate surface area is 214 Å². The number of aryl methyl sites for hydroxylation is 1. The number of para-hydroxylation sites is 1. The zero-order valence-electron chi connectivity index (χ0n) is 19.9. The number of furan rings is 1. The molecular formula is C28H26N4O3S. The van der Waals surface area contributed by atoms with E-state index in [-0.39, 0.29) is 16.8 Å². The molecule has 1 aromatic heterocycles. The molecular weight excluding hydrogens is 472 g/mol. The first-order valence-corrected chi connectivity index (χ1v) is 12.2. The standard InChI is InChI=1S/C28H26N4O3S/c1-19-6-8-20(9-7-19)27(34)32-16-14-31(15-17-32)23-12-10-22(11-13-23)29-28(36)30-26(33)25-18-21-4-2-3-5-24(21)35-25/h2-13,18H,14-17H2,1H3,(H2,29,30,33,36). The molecule has 0 saturated carbocycles. The number of anilines is 2. The highest BCUT2D eigenvalue weighted by Gasteiger charge is 2.22. The number of piperazine rings is 1. The van der Waals surface area contributed by atoms with Gasteiger partial charge in [0.1, 0.15) is 5.58 Å². The molecule has 2 amide bonds. The molecule has 0 unspecified atom stereocenters. The molecule has 0 atom stereocenters. The summed E-state index contributed by atoms with van der Waals surface area (Å²) in [5.41, 5.74) is 4.36. The molecule has 5 rings (SSSR count). The topological polar surface area (TPSA) is 77.8 Å². The van der Waals surface area contributed by atoms with Gasteiger partial charge < -0.3 is 19.5 Å². The Kier molecular flexibility index (Phi) is 6.69. The summed E-state index contributed by atoms with van der Waals surface area (Å²) in [5.74, 6) is -0.124. The van der Waals surface area contributed by atoms with Crippen molar-refractivity contribution in [2.24, 2.45) is 0 Å². The number of hydrogen-bond acceptors (Lipinski definition) is 5. The van der Waals surface area contributed by atoms with E-state index in [1.165, 1.54) is 0 Å². The number of carbonyl (C=O) groups excluding carboxylic acids is 2. The molecule has 2 N–H and O–H groups in total. The smallest absolute Gasteiger partial charge is 0.293 e. The Morgan fingerprint density at radius 1 is 0.889 bits per heavy atom. The molecule has 3 aromatic carbocycles. The van der Waals surface area contributed by atoms with Crippen LogP contribution in [0.15, 0.2) is 83.3 Å². The van der Waals surface area contributed by atoms with Gasteiger partial charge in [0, 0.05) is 48.5 Å². The molecule has 2 heterocycles.